The molecule has 7 nitrogen and oxygen atoms in total. The average molecular weight is 393 g/mol. The fraction of sp³-hybridized carbons (Fsp3) is 0.364. The van der Waals surface area contributed by atoms with Crippen molar-refractivity contribution in [2.45, 2.75) is 31.9 Å². The predicted molar refractivity (Wildman–Crippen MR) is 107 cm³/mol. The molecule has 1 amide bonds. The molecule has 5 rings (SSSR count). The lowest BCUT2D eigenvalue weighted by Gasteiger charge is -2.38. The van der Waals surface area contributed by atoms with Gasteiger partial charge < -0.3 is 23.5 Å². The predicted octanol–water partition coefficient (Wildman–Crippen LogP) is 3.71. The first-order chi connectivity index (χ1) is 14.3. The van der Waals surface area contributed by atoms with Crippen LogP contribution < -0.4 is 9.64 Å². The Labute approximate surface area is 168 Å². The SMILES string of the molecule is O=C([C@@H]1CN(Cc2cc(-c3ccco3)on2)c2ccccc2O1)N1CCCCC1. The Kier molecular flexibility index (Phi) is 4.71. The minimum atomic E-state index is -0.514. The molecule has 2 aromatic heterocycles. The van der Waals surface area contributed by atoms with Crippen molar-refractivity contribution < 1.29 is 18.5 Å². The number of hydrogen-bond donors (Lipinski definition) is 0. The van der Waals surface area contributed by atoms with E-state index in [4.69, 9.17) is 13.7 Å². The van der Waals surface area contributed by atoms with Crippen LogP contribution in [0.15, 0.2) is 57.7 Å². The minimum absolute atomic E-state index is 0.0700. The molecule has 2 aliphatic heterocycles. The number of fused-ring (bicyclic) bond motifs is 1. The Balaban J connectivity index is 1.37. The van der Waals surface area contributed by atoms with Gasteiger partial charge in [-0.15, -0.1) is 0 Å². The third kappa shape index (κ3) is 3.60. The summed E-state index contributed by atoms with van der Waals surface area (Å²) in [6.07, 6.45) is 4.40. The summed E-state index contributed by atoms with van der Waals surface area (Å²) in [5, 5.41) is 4.19. The molecule has 4 heterocycles. The lowest BCUT2D eigenvalue weighted by atomic mass is 10.1. The van der Waals surface area contributed by atoms with Gasteiger partial charge >= 0.3 is 0 Å². The lowest BCUT2D eigenvalue weighted by molar-refractivity contribution is -0.139. The molecule has 0 spiro atoms. The second-order valence-electron chi connectivity index (χ2n) is 7.50. The van der Waals surface area contributed by atoms with Crippen LogP contribution in [0.4, 0.5) is 5.69 Å². The van der Waals surface area contributed by atoms with Crippen molar-refractivity contribution in [3.05, 3.63) is 54.4 Å². The zero-order valence-electron chi connectivity index (χ0n) is 16.1. The molecule has 29 heavy (non-hydrogen) atoms. The Hall–Kier alpha value is -3.22. The highest BCUT2D eigenvalue weighted by Gasteiger charge is 2.34. The van der Waals surface area contributed by atoms with Crippen molar-refractivity contribution in [1.29, 1.82) is 0 Å². The number of carbonyl (C=O) groups excluding carboxylic acids is 1. The first-order valence-electron chi connectivity index (χ1n) is 10.1. The van der Waals surface area contributed by atoms with Crippen LogP contribution in [0.3, 0.4) is 0 Å². The summed E-state index contributed by atoms with van der Waals surface area (Å²) in [6.45, 7) is 2.63. The summed E-state index contributed by atoms with van der Waals surface area (Å²) >= 11 is 0. The number of ether oxygens (including phenoxy) is 1. The Bertz CT molecular complexity index is 976. The van der Waals surface area contributed by atoms with Gasteiger partial charge in [0.2, 0.25) is 5.76 Å². The Morgan fingerprint density at radius 3 is 2.76 bits per heavy atom. The normalized spacial score (nSPS) is 19.0. The molecule has 0 bridgehead atoms. The van der Waals surface area contributed by atoms with Gasteiger partial charge in [0.25, 0.3) is 5.91 Å². The van der Waals surface area contributed by atoms with Gasteiger partial charge in [0.05, 0.1) is 25.0 Å². The monoisotopic (exact) mass is 393 g/mol. The van der Waals surface area contributed by atoms with E-state index in [9.17, 15) is 4.79 Å². The van der Waals surface area contributed by atoms with Gasteiger partial charge in [-0.05, 0) is 43.5 Å². The molecule has 1 aromatic carbocycles. The molecule has 1 fully saturated rings. The number of benzene rings is 1. The molecule has 3 aromatic rings. The number of carbonyl (C=O) groups is 1. The number of para-hydroxylation sites is 2. The average Bonchev–Trinajstić information content (AvgIpc) is 3.46. The quantitative estimate of drug-likeness (QED) is 0.673. The standard InChI is InChI=1S/C22H23N3O4/c26-22(24-10-4-1-5-11-24)21-15-25(17-7-2-3-8-18(17)28-21)14-16-13-20(29-23-16)19-9-6-12-27-19/h2-3,6-9,12-13,21H,1,4-5,10-11,14-15H2/t21-/m0/s1. The van der Waals surface area contributed by atoms with Gasteiger partial charge in [0.15, 0.2) is 11.9 Å². The molecule has 0 N–H and O–H groups in total. The topological polar surface area (TPSA) is 72.0 Å². The number of rotatable bonds is 4. The van der Waals surface area contributed by atoms with Crippen LogP contribution in [0, 0.1) is 0 Å². The number of anilines is 1. The molecule has 2 aliphatic rings. The number of nitrogens with zero attached hydrogens (tertiary/aromatic N) is 3. The van der Waals surface area contributed by atoms with Crippen molar-refractivity contribution >= 4 is 11.6 Å². The number of hydrogen-bond acceptors (Lipinski definition) is 6. The maximum atomic E-state index is 13.0. The summed E-state index contributed by atoms with van der Waals surface area (Å²) < 4.78 is 16.9. The van der Waals surface area contributed by atoms with Gasteiger partial charge in [-0.2, -0.15) is 0 Å². The van der Waals surface area contributed by atoms with E-state index in [1.807, 2.05) is 47.4 Å². The zero-order valence-corrected chi connectivity index (χ0v) is 16.1. The van der Waals surface area contributed by atoms with Gasteiger partial charge in [-0.25, -0.2) is 0 Å². The molecule has 150 valence electrons. The highest BCUT2D eigenvalue weighted by atomic mass is 16.5. The van der Waals surface area contributed by atoms with E-state index < -0.39 is 6.10 Å². The smallest absolute Gasteiger partial charge is 0.265 e. The van der Waals surface area contributed by atoms with E-state index in [-0.39, 0.29) is 5.91 Å². The van der Waals surface area contributed by atoms with Crippen molar-refractivity contribution in [3.63, 3.8) is 0 Å². The summed E-state index contributed by atoms with van der Waals surface area (Å²) in [7, 11) is 0. The summed E-state index contributed by atoms with van der Waals surface area (Å²) in [5.41, 5.74) is 1.73. The first-order valence-corrected chi connectivity index (χ1v) is 10.1. The van der Waals surface area contributed by atoms with Gasteiger partial charge in [0.1, 0.15) is 11.4 Å². The van der Waals surface area contributed by atoms with Crippen molar-refractivity contribution in [3.8, 4) is 17.3 Å². The number of furan rings is 1. The second kappa shape index (κ2) is 7.66. The van der Waals surface area contributed by atoms with E-state index >= 15 is 0 Å². The maximum absolute atomic E-state index is 13.0. The van der Waals surface area contributed by atoms with Crippen LogP contribution in [-0.4, -0.2) is 41.7 Å². The number of piperidine rings is 1. The van der Waals surface area contributed by atoms with Crippen LogP contribution >= 0.6 is 0 Å². The Morgan fingerprint density at radius 2 is 1.93 bits per heavy atom. The van der Waals surface area contributed by atoms with Gasteiger partial charge in [-0.1, -0.05) is 17.3 Å². The van der Waals surface area contributed by atoms with Crippen molar-refractivity contribution in [1.82, 2.24) is 10.1 Å². The van der Waals surface area contributed by atoms with Gasteiger partial charge in [-0.3, -0.25) is 4.79 Å². The second-order valence-corrected chi connectivity index (χ2v) is 7.50. The molecule has 0 radical (unpaired) electrons. The third-order valence-electron chi connectivity index (χ3n) is 5.48. The maximum Gasteiger partial charge on any atom is 0.265 e. The molecule has 1 atom stereocenters. The fourth-order valence-electron chi connectivity index (χ4n) is 4.02. The van der Waals surface area contributed by atoms with Crippen LogP contribution in [0.5, 0.6) is 5.75 Å². The van der Waals surface area contributed by atoms with Crippen LogP contribution in [0.25, 0.3) is 11.5 Å². The van der Waals surface area contributed by atoms with E-state index in [0.29, 0.717) is 24.6 Å². The molecule has 0 unspecified atom stereocenters. The highest BCUT2D eigenvalue weighted by molar-refractivity contribution is 5.83. The fourth-order valence-corrected chi connectivity index (χ4v) is 4.02. The molecular weight excluding hydrogens is 370 g/mol. The third-order valence-corrected chi connectivity index (χ3v) is 5.48. The van der Waals surface area contributed by atoms with E-state index in [2.05, 4.69) is 10.1 Å². The van der Waals surface area contributed by atoms with Crippen LogP contribution in [0.2, 0.25) is 0 Å². The molecule has 7 heteroatoms. The van der Waals surface area contributed by atoms with E-state index in [1.54, 1.807) is 6.26 Å². The largest absolute Gasteiger partial charge is 0.477 e. The lowest BCUT2D eigenvalue weighted by Crippen LogP contribution is -2.51. The van der Waals surface area contributed by atoms with Crippen LogP contribution in [0.1, 0.15) is 25.0 Å². The highest BCUT2D eigenvalue weighted by Crippen LogP contribution is 2.35. The number of aromatic nitrogens is 1. The van der Waals surface area contributed by atoms with Crippen molar-refractivity contribution in [2.24, 2.45) is 0 Å². The molecule has 0 saturated carbocycles. The summed E-state index contributed by atoms with van der Waals surface area (Å²) in [5.74, 6) is 2.03. The van der Waals surface area contributed by atoms with Crippen molar-refractivity contribution in [2.75, 3.05) is 24.5 Å². The Morgan fingerprint density at radius 1 is 1.07 bits per heavy atom. The van der Waals surface area contributed by atoms with E-state index in [0.717, 1.165) is 43.1 Å². The molecule has 1 saturated heterocycles. The summed E-state index contributed by atoms with van der Waals surface area (Å²) in [4.78, 5) is 17.1. The van der Waals surface area contributed by atoms with Crippen LogP contribution in [-0.2, 0) is 11.3 Å². The van der Waals surface area contributed by atoms with Gasteiger partial charge in [0, 0.05) is 19.2 Å². The molecule has 0 aliphatic carbocycles. The zero-order chi connectivity index (χ0) is 19.6. The number of likely N-dealkylation sites (tertiary alicyclic amines) is 1. The molecular formula is C22H23N3O4. The van der Waals surface area contributed by atoms with E-state index in [1.165, 1.54) is 6.42 Å². The summed E-state index contributed by atoms with van der Waals surface area (Å²) in [6, 6.07) is 13.3. The number of amides is 1. The minimum Gasteiger partial charge on any atom is -0.477 e. The first kappa shape index (κ1) is 17.8.